The van der Waals surface area contributed by atoms with Crippen molar-refractivity contribution < 1.29 is 9.53 Å². The SMILES string of the molecule is COC(CN)C(=O)N(C)CC1CCC1. The Morgan fingerprint density at radius 3 is 2.64 bits per heavy atom. The third kappa shape index (κ3) is 2.69. The molecule has 0 heterocycles. The average molecular weight is 200 g/mol. The smallest absolute Gasteiger partial charge is 0.252 e. The number of nitrogens with two attached hydrogens (primary N) is 1. The summed E-state index contributed by atoms with van der Waals surface area (Å²) < 4.78 is 5.00. The molecule has 1 aliphatic carbocycles. The summed E-state index contributed by atoms with van der Waals surface area (Å²) in [5.41, 5.74) is 5.43. The molecule has 1 rings (SSSR count). The number of ether oxygens (including phenoxy) is 1. The molecular weight excluding hydrogens is 180 g/mol. The highest BCUT2D eigenvalue weighted by Gasteiger charge is 2.25. The van der Waals surface area contributed by atoms with Gasteiger partial charge >= 0.3 is 0 Å². The van der Waals surface area contributed by atoms with Gasteiger partial charge in [-0.05, 0) is 18.8 Å². The van der Waals surface area contributed by atoms with Crippen LogP contribution in [0.15, 0.2) is 0 Å². The predicted molar refractivity (Wildman–Crippen MR) is 54.8 cm³/mol. The van der Waals surface area contributed by atoms with Gasteiger partial charge in [-0.15, -0.1) is 0 Å². The lowest BCUT2D eigenvalue weighted by Gasteiger charge is -2.31. The topological polar surface area (TPSA) is 55.6 Å². The number of carbonyl (C=O) groups is 1. The van der Waals surface area contributed by atoms with E-state index in [2.05, 4.69) is 0 Å². The second-order valence-electron chi connectivity index (χ2n) is 3.98. The van der Waals surface area contributed by atoms with E-state index in [1.807, 2.05) is 7.05 Å². The molecule has 0 aliphatic heterocycles. The number of hydrogen-bond donors (Lipinski definition) is 1. The Hall–Kier alpha value is -0.610. The van der Waals surface area contributed by atoms with Crippen LogP contribution < -0.4 is 5.73 Å². The van der Waals surface area contributed by atoms with Gasteiger partial charge in [-0.2, -0.15) is 0 Å². The van der Waals surface area contributed by atoms with Crippen molar-refractivity contribution in [1.29, 1.82) is 0 Å². The number of hydrogen-bond acceptors (Lipinski definition) is 3. The Kier molecular flexibility index (Phi) is 4.35. The Morgan fingerprint density at radius 1 is 1.64 bits per heavy atom. The van der Waals surface area contributed by atoms with Crippen molar-refractivity contribution in [3.05, 3.63) is 0 Å². The fraction of sp³-hybridized carbons (Fsp3) is 0.900. The third-order valence-corrected chi connectivity index (χ3v) is 2.91. The first-order valence-electron chi connectivity index (χ1n) is 5.17. The van der Waals surface area contributed by atoms with E-state index in [-0.39, 0.29) is 12.5 Å². The van der Waals surface area contributed by atoms with E-state index in [0.717, 1.165) is 6.54 Å². The van der Waals surface area contributed by atoms with Crippen LogP contribution in [0.25, 0.3) is 0 Å². The summed E-state index contributed by atoms with van der Waals surface area (Å²) in [5, 5.41) is 0. The van der Waals surface area contributed by atoms with Crippen molar-refractivity contribution in [2.24, 2.45) is 11.7 Å². The first kappa shape index (κ1) is 11.5. The first-order valence-corrected chi connectivity index (χ1v) is 5.17. The summed E-state index contributed by atoms with van der Waals surface area (Å²) in [4.78, 5) is 13.4. The van der Waals surface area contributed by atoms with Crippen LogP contribution in [0.2, 0.25) is 0 Å². The summed E-state index contributed by atoms with van der Waals surface area (Å²) in [7, 11) is 3.34. The van der Waals surface area contributed by atoms with Crippen molar-refractivity contribution >= 4 is 5.91 Å². The van der Waals surface area contributed by atoms with Gasteiger partial charge in [0.05, 0.1) is 0 Å². The number of carbonyl (C=O) groups excluding carboxylic acids is 1. The molecule has 0 aromatic heterocycles. The second kappa shape index (κ2) is 5.32. The van der Waals surface area contributed by atoms with Gasteiger partial charge in [0.1, 0.15) is 6.10 Å². The molecule has 0 aromatic carbocycles. The third-order valence-electron chi connectivity index (χ3n) is 2.91. The Balaban J connectivity index is 2.33. The van der Waals surface area contributed by atoms with Gasteiger partial charge in [-0.25, -0.2) is 0 Å². The summed E-state index contributed by atoms with van der Waals surface area (Å²) in [6.45, 7) is 1.10. The molecule has 4 nitrogen and oxygen atoms in total. The Bertz CT molecular complexity index is 189. The van der Waals surface area contributed by atoms with Crippen LogP contribution in [-0.2, 0) is 9.53 Å². The molecule has 1 fully saturated rings. The van der Waals surface area contributed by atoms with Crippen LogP contribution in [0.3, 0.4) is 0 Å². The quantitative estimate of drug-likeness (QED) is 0.690. The molecule has 2 N–H and O–H groups in total. The number of methoxy groups -OCH3 is 1. The molecule has 0 aromatic rings. The minimum Gasteiger partial charge on any atom is -0.370 e. The Morgan fingerprint density at radius 2 is 2.29 bits per heavy atom. The number of rotatable bonds is 5. The van der Waals surface area contributed by atoms with E-state index >= 15 is 0 Å². The number of amides is 1. The fourth-order valence-corrected chi connectivity index (χ4v) is 1.70. The van der Waals surface area contributed by atoms with Gasteiger partial charge < -0.3 is 15.4 Å². The molecule has 1 atom stereocenters. The van der Waals surface area contributed by atoms with Crippen molar-refractivity contribution in [2.45, 2.75) is 25.4 Å². The molecular formula is C10H20N2O2. The summed E-state index contributed by atoms with van der Waals surface area (Å²) in [6, 6.07) is 0. The Labute approximate surface area is 85.4 Å². The lowest BCUT2D eigenvalue weighted by molar-refractivity contribution is -0.140. The van der Waals surface area contributed by atoms with E-state index in [1.54, 1.807) is 4.90 Å². The first-order chi connectivity index (χ1) is 6.69. The van der Waals surface area contributed by atoms with Crippen LogP contribution in [0.1, 0.15) is 19.3 Å². The van der Waals surface area contributed by atoms with Crippen LogP contribution in [-0.4, -0.2) is 44.2 Å². The van der Waals surface area contributed by atoms with Crippen molar-refractivity contribution in [1.82, 2.24) is 4.90 Å². The molecule has 1 aliphatic rings. The highest BCUT2D eigenvalue weighted by molar-refractivity contribution is 5.80. The highest BCUT2D eigenvalue weighted by Crippen LogP contribution is 2.26. The summed E-state index contributed by atoms with van der Waals surface area (Å²) in [6.07, 6.45) is 3.33. The van der Waals surface area contributed by atoms with Gasteiger partial charge in [0.25, 0.3) is 5.91 Å². The van der Waals surface area contributed by atoms with E-state index in [0.29, 0.717) is 5.92 Å². The molecule has 82 valence electrons. The van der Waals surface area contributed by atoms with Gasteiger partial charge in [-0.3, -0.25) is 4.79 Å². The zero-order valence-corrected chi connectivity index (χ0v) is 9.03. The lowest BCUT2D eigenvalue weighted by atomic mass is 9.85. The predicted octanol–water partition coefficient (Wildman–Crippen LogP) is 0.219. The minimum atomic E-state index is -0.472. The maximum Gasteiger partial charge on any atom is 0.252 e. The molecule has 4 heteroatoms. The lowest BCUT2D eigenvalue weighted by Crippen LogP contribution is -2.44. The standard InChI is InChI=1S/C10H20N2O2/c1-12(7-8-4-3-5-8)10(13)9(6-11)14-2/h8-9H,3-7,11H2,1-2H3. The molecule has 0 spiro atoms. The van der Waals surface area contributed by atoms with Gasteiger partial charge in [0.15, 0.2) is 0 Å². The van der Waals surface area contributed by atoms with Crippen LogP contribution in [0.4, 0.5) is 0 Å². The fourth-order valence-electron chi connectivity index (χ4n) is 1.70. The van der Waals surface area contributed by atoms with E-state index in [9.17, 15) is 4.79 Å². The molecule has 1 saturated carbocycles. The van der Waals surface area contributed by atoms with Crippen LogP contribution >= 0.6 is 0 Å². The van der Waals surface area contributed by atoms with Crippen molar-refractivity contribution in [2.75, 3.05) is 27.2 Å². The van der Waals surface area contributed by atoms with Gasteiger partial charge in [0.2, 0.25) is 0 Å². The molecule has 0 bridgehead atoms. The van der Waals surface area contributed by atoms with Gasteiger partial charge in [-0.1, -0.05) is 6.42 Å². The van der Waals surface area contributed by atoms with Crippen LogP contribution in [0.5, 0.6) is 0 Å². The van der Waals surface area contributed by atoms with Gasteiger partial charge in [0, 0.05) is 27.2 Å². The monoisotopic (exact) mass is 200 g/mol. The van der Waals surface area contributed by atoms with Crippen molar-refractivity contribution in [3.63, 3.8) is 0 Å². The number of likely N-dealkylation sites (N-methyl/N-ethyl adjacent to an activating group) is 1. The largest absolute Gasteiger partial charge is 0.370 e. The zero-order valence-electron chi connectivity index (χ0n) is 9.03. The molecule has 1 unspecified atom stereocenters. The minimum absolute atomic E-state index is 0.00176. The second-order valence-corrected chi connectivity index (χ2v) is 3.98. The highest BCUT2D eigenvalue weighted by atomic mass is 16.5. The molecule has 14 heavy (non-hydrogen) atoms. The zero-order chi connectivity index (χ0) is 10.6. The average Bonchev–Trinajstić information content (AvgIpc) is 2.12. The maximum atomic E-state index is 11.7. The van der Waals surface area contributed by atoms with E-state index in [1.165, 1.54) is 26.4 Å². The summed E-state index contributed by atoms with van der Waals surface area (Å²) >= 11 is 0. The van der Waals surface area contributed by atoms with Crippen LogP contribution in [0, 0.1) is 5.92 Å². The molecule has 0 saturated heterocycles. The van der Waals surface area contributed by atoms with E-state index < -0.39 is 6.10 Å². The molecule has 0 radical (unpaired) electrons. The van der Waals surface area contributed by atoms with E-state index in [4.69, 9.17) is 10.5 Å². The summed E-state index contributed by atoms with van der Waals surface area (Å²) in [5.74, 6) is 0.695. The maximum absolute atomic E-state index is 11.7. The normalized spacial score (nSPS) is 18.8. The number of nitrogens with zero attached hydrogens (tertiary/aromatic N) is 1. The van der Waals surface area contributed by atoms with Crippen molar-refractivity contribution in [3.8, 4) is 0 Å². The molecule has 1 amide bonds.